The molecule has 2 atom stereocenters. The van der Waals surface area contributed by atoms with Gasteiger partial charge in [-0.05, 0) is 37.0 Å². The first kappa shape index (κ1) is 13.1. The molecule has 1 amide bonds. The van der Waals surface area contributed by atoms with Gasteiger partial charge in [0.15, 0.2) is 0 Å². The van der Waals surface area contributed by atoms with E-state index in [9.17, 15) is 4.79 Å². The van der Waals surface area contributed by atoms with E-state index < -0.39 is 0 Å². The molecule has 1 aromatic carbocycles. The number of methoxy groups -OCH3 is 1. The van der Waals surface area contributed by atoms with Crippen LogP contribution in [0.3, 0.4) is 0 Å². The van der Waals surface area contributed by atoms with Crippen LogP contribution in [-0.4, -0.2) is 25.2 Å². The average molecular weight is 248 g/mol. The van der Waals surface area contributed by atoms with Gasteiger partial charge in [0.25, 0.3) is 5.91 Å². The second-order valence-electron chi connectivity index (χ2n) is 4.69. The van der Waals surface area contributed by atoms with Crippen LogP contribution in [-0.2, 0) is 11.3 Å². The maximum atomic E-state index is 12.1. The summed E-state index contributed by atoms with van der Waals surface area (Å²) in [7, 11) is 1.70. The highest BCUT2D eigenvalue weighted by molar-refractivity contribution is 5.94. The third-order valence-electron chi connectivity index (χ3n) is 3.52. The van der Waals surface area contributed by atoms with Crippen molar-refractivity contribution in [2.45, 2.75) is 38.0 Å². The highest BCUT2D eigenvalue weighted by Crippen LogP contribution is 2.21. The number of nitrogens with two attached hydrogens (primary N) is 1. The zero-order chi connectivity index (χ0) is 13.0. The van der Waals surface area contributed by atoms with Crippen LogP contribution < -0.4 is 11.1 Å². The minimum Gasteiger partial charge on any atom is -0.379 e. The average Bonchev–Trinajstić information content (AvgIpc) is 2.86. The number of benzene rings is 1. The lowest BCUT2D eigenvalue weighted by molar-refractivity contribution is 0.0722. The van der Waals surface area contributed by atoms with Gasteiger partial charge in [0.05, 0.1) is 12.1 Å². The molecular formula is C14H20N2O2. The molecule has 0 saturated heterocycles. The molecule has 1 fully saturated rings. The predicted octanol–water partition coefficient (Wildman–Crippen LogP) is 1.44. The fraction of sp³-hybridized carbons (Fsp3) is 0.500. The molecule has 4 nitrogen and oxygen atoms in total. The predicted molar refractivity (Wildman–Crippen MR) is 70.2 cm³/mol. The summed E-state index contributed by atoms with van der Waals surface area (Å²) >= 11 is 0. The summed E-state index contributed by atoms with van der Waals surface area (Å²) in [6.07, 6.45) is 3.27. The topological polar surface area (TPSA) is 64.3 Å². The van der Waals surface area contributed by atoms with E-state index in [1.54, 1.807) is 7.11 Å². The molecule has 1 aromatic rings. The molecule has 0 spiro atoms. The molecule has 98 valence electrons. The highest BCUT2D eigenvalue weighted by atomic mass is 16.5. The number of hydrogen-bond donors (Lipinski definition) is 2. The summed E-state index contributed by atoms with van der Waals surface area (Å²) < 4.78 is 5.37. The first-order valence-corrected chi connectivity index (χ1v) is 6.37. The minimum atomic E-state index is -0.0347. The van der Waals surface area contributed by atoms with Gasteiger partial charge < -0.3 is 15.8 Å². The zero-order valence-corrected chi connectivity index (χ0v) is 10.7. The first-order valence-electron chi connectivity index (χ1n) is 6.37. The Morgan fingerprint density at radius 1 is 1.39 bits per heavy atom. The summed E-state index contributed by atoms with van der Waals surface area (Å²) in [5.41, 5.74) is 7.23. The summed E-state index contributed by atoms with van der Waals surface area (Å²) in [6, 6.07) is 7.54. The Morgan fingerprint density at radius 2 is 2.11 bits per heavy atom. The normalized spacial score (nSPS) is 23.0. The lowest BCUT2D eigenvalue weighted by Crippen LogP contribution is -2.40. The Balaban J connectivity index is 1.98. The number of nitrogens with one attached hydrogen (secondary N) is 1. The van der Waals surface area contributed by atoms with Crippen LogP contribution in [0, 0.1) is 0 Å². The van der Waals surface area contributed by atoms with Crippen LogP contribution in [0.15, 0.2) is 24.3 Å². The van der Waals surface area contributed by atoms with E-state index in [1.165, 1.54) is 0 Å². The van der Waals surface area contributed by atoms with E-state index in [2.05, 4.69) is 5.32 Å². The van der Waals surface area contributed by atoms with Gasteiger partial charge in [-0.1, -0.05) is 12.1 Å². The van der Waals surface area contributed by atoms with Gasteiger partial charge in [-0.15, -0.1) is 0 Å². The molecule has 0 heterocycles. The summed E-state index contributed by atoms with van der Waals surface area (Å²) in [6.45, 7) is 0.496. The van der Waals surface area contributed by atoms with Crippen LogP contribution in [0.1, 0.15) is 35.2 Å². The molecule has 1 aliphatic rings. The second kappa shape index (κ2) is 5.98. The molecule has 0 aliphatic heterocycles. The molecular weight excluding hydrogens is 228 g/mol. The maximum absolute atomic E-state index is 12.1. The van der Waals surface area contributed by atoms with Gasteiger partial charge >= 0.3 is 0 Å². The minimum absolute atomic E-state index is 0.0347. The van der Waals surface area contributed by atoms with E-state index >= 15 is 0 Å². The third-order valence-corrected chi connectivity index (χ3v) is 3.52. The van der Waals surface area contributed by atoms with Crippen LogP contribution in [0.2, 0.25) is 0 Å². The van der Waals surface area contributed by atoms with Gasteiger partial charge in [0, 0.05) is 19.2 Å². The van der Waals surface area contributed by atoms with Crippen molar-refractivity contribution in [3.63, 3.8) is 0 Å². The molecule has 1 saturated carbocycles. The van der Waals surface area contributed by atoms with Crippen molar-refractivity contribution < 1.29 is 9.53 Å². The fourth-order valence-electron chi connectivity index (χ4n) is 2.42. The molecule has 1 aliphatic carbocycles. The van der Waals surface area contributed by atoms with Crippen LogP contribution in [0.25, 0.3) is 0 Å². The van der Waals surface area contributed by atoms with Crippen LogP contribution in [0.5, 0.6) is 0 Å². The van der Waals surface area contributed by atoms with Crippen LogP contribution in [0.4, 0.5) is 0 Å². The quantitative estimate of drug-likeness (QED) is 0.847. The van der Waals surface area contributed by atoms with Gasteiger partial charge in [-0.25, -0.2) is 0 Å². The van der Waals surface area contributed by atoms with Crippen molar-refractivity contribution in [1.29, 1.82) is 0 Å². The van der Waals surface area contributed by atoms with E-state index in [4.69, 9.17) is 10.5 Å². The number of carbonyl (C=O) groups is 1. The second-order valence-corrected chi connectivity index (χ2v) is 4.69. The number of carbonyl (C=O) groups excluding carboxylic acids is 1. The summed E-state index contributed by atoms with van der Waals surface area (Å²) in [5, 5.41) is 3.04. The molecule has 2 unspecified atom stereocenters. The fourth-order valence-corrected chi connectivity index (χ4v) is 2.42. The molecule has 0 radical (unpaired) electrons. The SMILES string of the molecule is COC1CCCC1NC(=O)c1ccc(CN)cc1. The van der Waals surface area contributed by atoms with E-state index in [1.807, 2.05) is 24.3 Å². The Hall–Kier alpha value is -1.39. The van der Waals surface area contributed by atoms with Crippen molar-refractivity contribution in [1.82, 2.24) is 5.32 Å². The standard InChI is InChI=1S/C14H20N2O2/c1-18-13-4-2-3-12(13)16-14(17)11-7-5-10(9-15)6-8-11/h5-8,12-13H,2-4,9,15H2,1H3,(H,16,17). The lowest BCUT2D eigenvalue weighted by Gasteiger charge is -2.19. The summed E-state index contributed by atoms with van der Waals surface area (Å²) in [4.78, 5) is 12.1. The zero-order valence-electron chi connectivity index (χ0n) is 10.7. The van der Waals surface area contributed by atoms with Crippen molar-refractivity contribution >= 4 is 5.91 Å². The first-order chi connectivity index (χ1) is 8.74. The summed E-state index contributed by atoms with van der Waals surface area (Å²) in [5.74, 6) is -0.0347. The van der Waals surface area contributed by atoms with Gasteiger partial charge in [0.1, 0.15) is 0 Å². The molecule has 4 heteroatoms. The number of rotatable bonds is 4. The van der Waals surface area contributed by atoms with Crippen molar-refractivity contribution in [3.05, 3.63) is 35.4 Å². The Kier molecular flexibility index (Phi) is 4.33. The Morgan fingerprint density at radius 3 is 2.72 bits per heavy atom. The molecule has 3 N–H and O–H groups in total. The van der Waals surface area contributed by atoms with Crippen molar-refractivity contribution in [3.8, 4) is 0 Å². The number of ether oxygens (including phenoxy) is 1. The van der Waals surface area contributed by atoms with E-state index in [0.717, 1.165) is 24.8 Å². The monoisotopic (exact) mass is 248 g/mol. The Labute approximate surface area is 108 Å². The highest BCUT2D eigenvalue weighted by Gasteiger charge is 2.28. The van der Waals surface area contributed by atoms with Gasteiger partial charge in [-0.2, -0.15) is 0 Å². The third kappa shape index (κ3) is 2.89. The maximum Gasteiger partial charge on any atom is 0.251 e. The van der Waals surface area contributed by atoms with Gasteiger partial charge in [0.2, 0.25) is 0 Å². The molecule has 18 heavy (non-hydrogen) atoms. The largest absolute Gasteiger partial charge is 0.379 e. The Bertz CT molecular complexity index is 403. The number of hydrogen-bond acceptors (Lipinski definition) is 3. The van der Waals surface area contributed by atoms with Crippen LogP contribution >= 0.6 is 0 Å². The van der Waals surface area contributed by atoms with Crippen molar-refractivity contribution in [2.75, 3.05) is 7.11 Å². The van der Waals surface area contributed by atoms with Gasteiger partial charge in [-0.3, -0.25) is 4.79 Å². The van der Waals surface area contributed by atoms with Crippen molar-refractivity contribution in [2.24, 2.45) is 5.73 Å². The number of amides is 1. The molecule has 0 aromatic heterocycles. The van der Waals surface area contributed by atoms with E-state index in [0.29, 0.717) is 12.1 Å². The molecule has 0 bridgehead atoms. The van der Waals surface area contributed by atoms with E-state index in [-0.39, 0.29) is 18.1 Å². The molecule has 2 rings (SSSR count). The smallest absolute Gasteiger partial charge is 0.251 e. The lowest BCUT2D eigenvalue weighted by atomic mass is 10.1.